The zero-order valence-electron chi connectivity index (χ0n) is 14.6. The zero-order chi connectivity index (χ0) is 17.5. The van der Waals surface area contributed by atoms with Gasteiger partial charge in [-0.2, -0.15) is 0 Å². The molecule has 2 aromatic carbocycles. The van der Waals surface area contributed by atoms with E-state index in [1.807, 2.05) is 61.6 Å². The summed E-state index contributed by atoms with van der Waals surface area (Å²) in [5.41, 5.74) is 0.989. The van der Waals surface area contributed by atoms with Crippen LogP contribution in [0.15, 0.2) is 54.6 Å². The Hall–Kier alpha value is -2.69. The lowest BCUT2D eigenvalue weighted by molar-refractivity contribution is -0.128. The monoisotopic (exact) mass is 340 g/mol. The second-order valence-corrected chi connectivity index (χ2v) is 6.07. The number of benzene rings is 2. The Morgan fingerprint density at radius 1 is 1.16 bits per heavy atom. The molecule has 0 spiro atoms. The number of ether oxygens (including phenoxy) is 2. The normalized spacial score (nSPS) is 12.9. The second-order valence-electron chi connectivity index (χ2n) is 6.07. The lowest BCUT2D eigenvalue weighted by atomic mass is 10.2. The summed E-state index contributed by atoms with van der Waals surface area (Å²) in [6.07, 6.45) is 0.802. The van der Waals surface area contributed by atoms with E-state index >= 15 is 0 Å². The summed E-state index contributed by atoms with van der Waals surface area (Å²) in [6.45, 7) is 2.99. The predicted molar refractivity (Wildman–Crippen MR) is 98.3 cm³/mol. The summed E-state index contributed by atoms with van der Waals surface area (Å²) in [6, 6.07) is 17.6. The van der Waals surface area contributed by atoms with E-state index in [0.29, 0.717) is 26.3 Å². The minimum Gasteiger partial charge on any atom is -0.494 e. The number of fused-ring (bicyclic) bond motifs is 1. The molecule has 0 unspecified atom stereocenters. The van der Waals surface area contributed by atoms with Gasteiger partial charge in [-0.05, 0) is 30.7 Å². The lowest BCUT2D eigenvalue weighted by Crippen LogP contribution is -2.42. The maximum Gasteiger partial charge on any atom is 0.241 e. The Morgan fingerprint density at radius 2 is 1.92 bits per heavy atom. The topological polar surface area (TPSA) is 42.0 Å². The van der Waals surface area contributed by atoms with Crippen LogP contribution in [0.25, 0.3) is 0 Å². The lowest BCUT2D eigenvalue weighted by Gasteiger charge is -2.31. The van der Waals surface area contributed by atoms with Gasteiger partial charge in [0.15, 0.2) is 0 Å². The average molecular weight is 340 g/mol. The first kappa shape index (κ1) is 17.1. The number of hydrogen-bond donors (Lipinski definition) is 0. The van der Waals surface area contributed by atoms with Crippen molar-refractivity contribution in [3.8, 4) is 11.5 Å². The van der Waals surface area contributed by atoms with Crippen LogP contribution in [0.1, 0.15) is 6.42 Å². The van der Waals surface area contributed by atoms with Gasteiger partial charge in [0, 0.05) is 13.6 Å². The molecule has 0 atom stereocenters. The summed E-state index contributed by atoms with van der Waals surface area (Å²) in [5, 5.41) is 0. The standard InChI is InChI=1S/C20H24N2O3/c1-21(12-7-14-24-17-8-3-2-4-9-17)20(23)16-22-13-15-25-19-11-6-5-10-18(19)22/h2-6,8-11H,7,12-16H2,1H3. The van der Waals surface area contributed by atoms with Gasteiger partial charge in [0.25, 0.3) is 0 Å². The molecule has 0 radical (unpaired) electrons. The molecule has 3 rings (SSSR count). The van der Waals surface area contributed by atoms with Crippen LogP contribution < -0.4 is 14.4 Å². The molecule has 0 bridgehead atoms. The number of anilines is 1. The summed E-state index contributed by atoms with van der Waals surface area (Å²) in [4.78, 5) is 16.3. The van der Waals surface area contributed by atoms with Crippen molar-refractivity contribution in [1.29, 1.82) is 0 Å². The molecule has 0 aromatic heterocycles. The van der Waals surface area contributed by atoms with Crippen LogP contribution >= 0.6 is 0 Å². The molecule has 0 saturated carbocycles. The van der Waals surface area contributed by atoms with Gasteiger partial charge in [0.2, 0.25) is 5.91 Å². The summed E-state index contributed by atoms with van der Waals surface area (Å²) >= 11 is 0. The summed E-state index contributed by atoms with van der Waals surface area (Å²) in [5.74, 6) is 1.82. The molecule has 1 heterocycles. The Kier molecular flexibility index (Phi) is 5.77. The molecular formula is C20H24N2O3. The number of likely N-dealkylation sites (N-methyl/N-ethyl adjacent to an activating group) is 1. The Bertz CT molecular complexity index is 690. The highest BCUT2D eigenvalue weighted by Crippen LogP contribution is 2.30. The van der Waals surface area contributed by atoms with E-state index < -0.39 is 0 Å². The molecule has 132 valence electrons. The van der Waals surface area contributed by atoms with E-state index in [9.17, 15) is 4.79 Å². The maximum absolute atomic E-state index is 12.5. The van der Waals surface area contributed by atoms with Crippen LogP contribution in [0.3, 0.4) is 0 Å². The fourth-order valence-corrected chi connectivity index (χ4v) is 2.81. The quantitative estimate of drug-likeness (QED) is 0.727. The van der Waals surface area contributed by atoms with Crippen molar-refractivity contribution in [3.05, 3.63) is 54.6 Å². The highest BCUT2D eigenvalue weighted by Gasteiger charge is 2.21. The zero-order valence-corrected chi connectivity index (χ0v) is 14.6. The number of hydrogen-bond acceptors (Lipinski definition) is 4. The summed E-state index contributed by atoms with van der Waals surface area (Å²) < 4.78 is 11.3. The maximum atomic E-state index is 12.5. The van der Waals surface area contributed by atoms with Crippen molar-refractivity contribution >= 4 is 11.6 Å². The molecule has 1 aliphatic rings. The van der Waals surface area contributed by atoms with Gasteiger partial charge in [-0.1, -0.05) is 30.3 Å². The number of carbonyl (C=O) groups excluding carboxylic acids is 1. The van der Waals surface area contributed by atoms with Crippen LogP contribution in [-0.4, -0.2) is 50.7 Å². The average Bonchev–Trinajstić information content (AvgIpc) is 2.66. The highest BCUT2D eigenvalue weighted by atomic mass is 16.5. The Balaban J connectivity index is 1.44. The molecule has 0 saturated heterocycles. The fraction of sp³-hybridized carbons (Fsp3) is 0.350. The van der Waals surface area contributed by atoms with Gasteiger partial charge in [0.1, 0.15) is 18.1 Å². The second kappa shape index (κ2) is 8.42. The molecule has 0 fully saturated rings. The molecule has 25 heavy (non-hydrogen) atoms. The van der Waals surface area contributed by atoms with E-state index in [1.54, 1.807) is 4.90 Å². The van der Waals surface area contributed by atoms with Crippen molar-refractivity contribution < 1.29 is 14.3 Å². The van der Waals surface area contributed by atoms with Gasteiger partial charge >= 0.3 is 0 Å². The number of amides is 1. The molecule has 2 aromatic rings. The van der Waals surface area contributed by atoms with Gasteiger partial charge < -0.3 is 19.3 Å². The molecular weight excluding hydrogens is 316 g/mol. The Morgan fingerprint density at radius 3 is 2.76 bits per heavy atom. The van der Waals surface area contributed by atoms with Crippen molar-refractivity contribution in [2.75, 3.05) is 44.8 Å². The minimum absolute atomic E-state index is 0.108. The molecule has 1 aliphatic heterocycles. The van der Waals surface area contributed by atoms with Crippen LogP contribution in [0.2, 0.25) is 0 Å². The van der Waals surface area contributed by atoms with Crippen molar-refractivity contribution in [1.82, 2.24) is 4.90 Å². The van der Waals surface area contributed by atoms with Crippen molar-refractivity contribution in [3.63, 3.8) is 0 Å². The third-order valence-electron chi connectivity index (χ3n) is 4.23. The number of para-hydroxylation sites is 3. The van der Waals surface area contributed by atoms with E-state index in [2.05, 4.69) is 4.90 Å². The van der Waals surface area contributed by atoms with Crippen LogP contribution in [0, 0.1) is 0 Å². The van der Waals surface area contributed by atoms with Gasteiger partial charge in [-0.25, -0.2) is 0 Å². The third kappa shape index (κ3) is 4.66. The van der Waals surface area contributed by atoms with E-state index in [1.165, 1.54) is 0 Å². The van der Waals surface area contributed by atoms with E-state index in [-0.39, 0.29) is 5.91 Å². The number of carbonyl (C=O) groups is 1. The molecule has 5 nitrogen and oxygen atoms in total. The largest absolute Gasteiger partial charge is 0.494 e. The predicted octanol–water partition coefficient (Wildman–Crippen LogP) is 2.81. The van der Waals surface area contributed by atoms with Crippen molar-refractivity contribution in [2.45, 2.75) is 6.42 Å². The van der Waals surface area contributed by atoms with Crippen molar-refractivity contribution in [2.24, 2.45) is 0 Å². The van der Waals surface area contributed by atoms with Crippen LogP contribution in [-0.2, 0) is 4.79 Å². The number of nitrogens with zero attached hydrogens (tertiary/aromatic N) is 2. The third-order valence-corrected chi connectivity index (χ3v) is 4.23. The molecule has 0 aliphatic carbocycles. The molecule has 5 heteroatoms. The smallest absolute Gasteiger partial charge is 0.241 e. The fourth-order valence-electron chi connectivity index (χ4n) is 2.81. The molecule has 1 amide bonds. The summed E-state index contributed by atoms with van der Waals surface area (Å²) in [7, 11) is 1.84. The van der Waals surface area contributed by atoms with Gasteiger partial charge in [-0.15, -0.1) is 0 Å². The molecule has 0 N–H and O–H groups in total. The SMILES string of the molecule is CN(CCCOc1ccccc1)C(=O)CN1CCOc2ccccc21. The van der Waals surface area contributed by atoms with E-state index in [4.69, 9.17) is 9.47 Å². The Labute approximate surface area is 148 Å². The van der Waals surface area contributed by atoms with Crippen LogP contribution in [0.4, 0.5) is 5.69 Å². The van der Waals surface area contributed by atoms with Gasteiger partial charge in [-0.3, -0.25) is 4.79 Å². The van der Waals surface area contributed by atoms with E-state index in [0.717, 1.165) is 30.2 Å². The first-order chi connectivity index (χ1) is 12.2. The highest BCUT2D eigenvalue weighted by molar-refractivity contribution is 5.82. The first-order valence-electron chi connectivity index (χ1n) is 8.62. The van der Waals surface area contributed by atoms with Gasteiger partial charge in [0.05, 0.1) is 25.4 Å². The van der Waals surface area contributed by atoms with Crippen LogP contribution in [0.5, 0.6) is 11.5 Å². The minimum atomic E-state index is 0.108. The first-order valence-corrected chi connectivity index (χ1v) is 8.62. The number of rotatable bonds is 7.